The molecule has 0 aliphatic carbocycles. The van der Waals surface area contributed by atoms with Crippen molar-refractivity contribution < 1.29 is 24.2 Å². The molecule has 228 valence electrons. The van der Waals surface area contributed by atoms with Crippen molar-refractivity contribution >= 4 is 11.9 Å². The number of ether oxygens (including phenoxy) is 2. The van der Waals surface area contributed by atoms with Gasteiger partial charge in [-0.2, -0.15) is 0 Å². The van der Waals surface area contributed by atoms with Gasteiger partial charge in [0.05, 0.1) is 6.61 Å². The van der Waals surface area contributed by atoms with Crippen LogP contribution in [0.25, 0.3) is 0 Å². The van der Waals surface area contributed by atoms with Gasteiger partial charge in [0.25, 0.3) is 0 Å². The van der Waals surface area contributed by atoms with E-state index in [2.05, 4.69) is 38.2 Å². The summed E-state index contributed by atoms with van der Waals surface area (Å²) in [5, 5.41) is 9.48. The van der Waals surface area contributed by atoms with Gasteiger partial charge in [-0.3, -0.25) is 9.59 Å². The Morgan fingerprint density at radius 2 is 1.10 bits per heavy atom. The van der Waals surface area contributed by atoms with E-state index >= 15 is 0 Å². The van der Waals surface area contributed by atoms with Crippen LogP contribution in [0.3, 0.4) is 0 Å². The first-order chi connectivity index (χ1) is 19.6. The summed E-state index contributed by atoms with van der Waals surface area (Å²) in [5.41, 5.74) is 0. The number of hydrogen-bond acceptors (Lipinski definition) is 5. The van der Waals surface area contributed by atoms with Crippen LogP contribution in [0.5, 0.6) is 0 Å². The second-order valence-electron chi connectivity index (χ2n) is 10.2. The molecule has 40 heavy (non-hydrogen) atoms. The summed E-state index contributed by atoms with van der Waals surface area (Å²) in [7, 11) is 0. The second-order valence-corrected chi connectivity index (χ2v) is 10.2. The lowest BCUT2D eigenvalue weighted by Gasteiger charge is -2.15. The maximum Gasteiger partial charge on any atom is 0.306 e. The van der Waals surface area contributed by atoms with Gasteiger partial charge >= 0.3 is 11.9 Å². The van der Waals surface area contributed by atoms with Gasteiger partial charge in [0.2, 0.25) is 0 Å². The third-order valence-electron chi connectivity index (χ3n) is 6.39. The zero-order valence-electron chi connectivity index (χ0n) is 25.6. The van der Waals surface area contributed by atoms with Gasteiger partial charge in [0, 0.05) is 12.8 Å². The Bertz CT molecular complexity index is 732. The molecule has 0 rings (SSSR count). The highest BCUT2D eigenvalue weighted by Crippen LogP contribution is 2.10. The maximum atomic E-state index is 12.1. The second kappa shape index (κ2) is 31.1. The fourth-order valence-corrected chi connectivity index (χ4v) is 3.97. The Morgan fingerprint density at radius 3 is 1.70 bits per heavy atom. The molecule has 1 atom stereocenters. The highest BCUT2D eigenvalue weighted by molar-refractivity contribution is 5.70. The smallest absolute Gasteiger partial charge is 0.306 e. The third kappa shape index (κ3) is 28.6. The molecule has 0 aromatic rings. The Hall–Kier alpha value is -2.40. The van der Waals surface area contributed by atoms with Crippen LogP contribution in [0.2, 0.25) is 0 Å². The van der Waals surface area contributed by atoms with Crippen molar-refractivity contribution in [3.05, 3.63) is 60.8 Å². The van der Waals surface area contributed by atoms with Crippen LogP contribution in [-0.4, -0.2) is 36.4 Å². The molecule has 0 aliphatic heterocycles. The van der Waals surface area contributed by atoms with E-state index in [1.165, 1.54) is 38.5 Å². The standard InChI is InChI=1S/C35H58O5/c1-3-5-7-9-11-13-15-17-19-21-23-25-27-29-34(37)39-32-33(31-36)40-35(38)30-28-26-24-22-20-18-16-14-12-10-8-6-4-2/h5,7,9,11,13,15,17-20,33,36H,3-4,6,8,10,12,14,16,21-32H2,1-2H3/b7-5+,11-9+,15-13+,19-17+,20-18+. The zero-order chi connectivity index (χ0) is 29.4. The summed E-state index contributed by atoms with van der Waals surface area (Å²) in [5.74, 6) is -0.664. The minimum atomic E-state index is -0.794. The van der Waals surface area contributed by atoms with Crippen molar-refractivity contribution in [2.24, 2.45) is 0 Å². The number of aliphatic hydroxyl groups is 1. The molecule has 0 heterocycles. The van der Waals surface area contributed by atoms with Crippen molar-refractivity contribution in [1.82, 2.24) is 0 Å². The van der Waals surface area contributed by atoms with Crippen LogP contribution in [0.15, 0.2) is 60.8 Å². The van der Waals surface area contributed by atoms with Crippen LogP contribution in [0, 0.1) is 0 Å². The molecule has 0 spiro atoms. The molecular weight excluding hydrogens is 500 g/mol. The number of carbonyl (C=O) groups excluding carboxylic acids is 2. The van der Waals surface area contributed by atoms with E-state index in [-0.39, 0.29) is 25.2 Å². The fraction of sp³-hybridized carbons (Fsp3) is 0.657. The average molecular weight is 559 g/mol. The summed E-state index contributed by atoms with van der Waals surface area (Å²) in [4.78, 5) is 24.0. The van der Waals surface area contributed by atoms with Crippen LogP contribution in [-0.2, 0) is 19.1 Å². The first-order valence-electron chi connectivity index (χ1n) is 15.9. The molecule has 5 nitrogen and oxygen atoms in total. The van der Waals surface area contributed by atoms with Crippen LogP contribution in [0.4, 0.5) is 0 Å². The Morgan fingerprint density at radius 1 is 0.600 bits per heavy atom. The topological polar surface area (TPSA) is 72.8 Å². The van der Waals surface area contributed by atoms with Crippen molar-refractivity contribution in [1.29, 1.82) is 0 Å². The molecule has 0 amide bonds. The molecule has 0 bridgehead atoms. The summed E-state index contributed by atoms with van der Waals surface area (Å²) >= 11 is 0. The van der Waals surface area contributed by atoms with E-state index in [4.69, 9.17) is 9.47 Å². The first kappa shape index (κ1) is 37.6. The van der Waals surface area contributed by atoms with Crippen LogP contribution >= 0.6 is 0 Å². The van der Waals surface area contributed by atoms with Crippen LogP contribution < -0.4 is 0 Å². The number of rotatable bonds is 27. The molecule has 0 saturated heterocycles. The SMILES string of the molecule is CC/C=C/C=C/C=C/C=C/CCCCCC(=O)OCC(CO)OC(=O)CCCCC/C=C/CCCCCCCC. The molecule has 1 unspecified atom stereocenters. The van der Waals surface area contributed by atoms with E-state index in [1.54, 1.807) is 0 Å². The minimum absolute atomic E-state index is 0.0950. The number of carbonyl (C=O) groups is 2. The van der Waals surface area contributed by atoms with Gasteiger partial charge in [0.1, 0.15) is 6.61 Å². The lowest BCUT2D eigenvalue weighted by Crippen LogP contribution is -2.28. The number of allylic oxidation sites excluding steroid dienone is 10. The molecule has 0 fully saturated rings. The molecule has 1 N–H and O–H groups in total. The van der Waals surface area contributed by atoms with Gasteiger partial charge in [-0.05, 0) is 57.8 Å². The molecule has 5 heteroatoms. The predicted octanol–water partition coefficient (Wildman–Crippen LogP) is 9.28. The van der Waals surface area contributed by atoms with E-state index in [1.807, 2.05) is 36.5 Å². The fourth-order valence-electron chi connectivity index (χ4n) is 3.97. The minimum Gasteiger partial charge on any atom is -0.462 e. The van der Waals surface area contributed by atoms with E-state index in [0.717, 1.165) is 64.2 Å². The average Bonchev–Trinajstić information content (AvgIpc) is 2.96. The first-order valence-corrected chi connectivity index (χ1v) is 15.9. The lowest BCUT2D eigenvalue weighted by molar-refractivity contribution is -0.161. The normalized spacial score (nSPS) is 13.0. The summed E-state index contributed by atoms with van der Waals surface area (Å²) in [6.45, 7) is 3.91. The van der Waals surface area contributed by atoms with Crippen molar-refractivity contribution in [2.75, 3.05) is 13.2 Å². The summed E-state index contributed by atoms with van der Waals surface area (Å²) < 4.78 is 10.5. The molecule has 0 aliphatic rings. The number of hydrogen-bond donors (Lipinski definition) is 1. The number of unbranched alkanes of at least 4 members (excludes halogenated alkanes) is 12. The quantitative estimate of drug-likeness (QED) is 0.0471. The van der Waals surface area contributed by atoms with Crippen molar-refractivity contribution in [3.63, 3.8) is 0 Å². The van der Waals surface area contributed by atoms with E-state index in [0.29, 0.717) is 12.8 Å². The molecule has 0 aromatic carbocycles. The number of esters is 2. The third-order valence-corrected chi connectivity index (χ3v) is 6.39. The Balaban J connectivity index is 3.72. The van der Waals surface area contributed by atoms with Crippen molar-refractivity contribution in [3.8, 4) is 0 Å². The monoisotopic (exact) mass is 558 g/mol. The Kier molecular flexibility index (Phi) is 29.3. The van der Waals surface area contributed by atoms with Gasteiger partial charge in [0.15, 0.2) is 6.10 Å². The van der Waals surface area contributed by atoms with Gasteiger partial charge in [-0.25, -0.2) is 0 Å². The molecule has 0 aromatic heterocycles. The maximum absolute atomic E-state index is 12.1. The van der Waals surface area contributed by atoms with Gasteiger partial charge < -0.3 is 14.6 Å². The molecule has 0 radical (unpaired) electrons. The predicted molar refractivity (Wildman–Crippen MR) is 168 cm³/mol. The van der Waals surface area contributed by atoms with Gasteiger partial charge in [-0.1, -0.05) is 120 Å². The molecule has 0 saturated carbocycles. The number of aliphatic hydroxyl groups excluding tert-OH is 1. The highest BCUT2D eigenvalue weighted by Gasteiger charge is 2.16. The summed E-state index contributed by atoms with van der Waals surface area (Å²) in [6.07, 6.45) is 38.4. The summed E-state index contributed by atoms with van der Waals surface area (Å²) in [6, 6.07) is 0. The zero-order valence-corrected chi connectivity index (χ0v) is 25.6. The largest absolute Gasteiger partial charge is 0.462 e. The lowest BCUT2D eigenvalue weighted by atomic mass is 10.1. The highest BCUT2D eigenvalue weighted by atomic mass is 16.6. The van der Waals surface area contributed by atoms with E-state index < -0.39 is 6.10 Å². The van der Waals surface area contributed by atoms with E-state index in [9.17, 15) is 14.7 Å². The van der Waals surface area contributed by atoms with Crippen LogP contribution in [0.1, 0.15) is 129 Å². The van der Waals surface area contributed by atoms with Gasteiger partial charge in [-0.15, -0.1) is 0 Å². The Labute approximate surface area is 245 Å². The van der Waals surface area contributed by atoms with Crippen molar-refractivity contribution in [2.45, 2.75) is 136 Å². The molecular formula is C35H58O5.